The summed E-state index contributed by atoms with van der Waals surface area (Å²) in [5.41, 5.74) is 1.06. The Balaban J connectivity index is 1.57. The van der Waals surface area contributed by atoms with Gasteiger partial charge in [-0.15, -0.1) is 0 Å². The number of ether oxygens (including phenoxy) is 2. The Labute approximate surface area is 194 Å². The number of rotatable bonds is 9. The zero-order valence-corrected chi connectivity index (χ0v) is 19.1. The first kappa shape index (κ1) is 22.5. The molecule has 9 heteroatoms. The van der Waals surface area contributed by atoms with Crippen LogP contribution in [0, 0.1) is 5.82 Å². The van der Waals surface area contributed by atoms with E-state index in [4.69, 9.17) is 9.47 Å². The van der Waals surface area contributed by atoms with E-state index in [0.29, 0.717) is 40.8 Å². The number of aryl methyl sites for hydroxylation is 1. The molecule has 0 bridgehead atoms. The lowest BCUT2D eigenvalue weighted by molar-refractivity contribution is -0.114. The van der Waals surface area contributed by atoms with E-state index < -0.39 is 5.82 Å². The molecule has 0 aliphatic rings. The number of imidazole rings is 1. The molecular formula is C24H23FN4O3S. The van der Waals surface area contributed by atoms with Gasteiger partial charge in [0.15, 0.2) is 16.6 Å². The lowest BCUT2D eigenvalue weighted by atomic mass is 10.2. The van der Waals surface area contributed by atoms with Crippen molar-refractivity contribution < 1.29 is 18.7 Å². The molecule has 0 N–H and O–H groups in total. The second-order valence-electron chi connectivity index (χ2n) is 7.17. The number of fused-ring (bicyclic) bond motifs is 1. The summed E-state index contributed by atoms with van der Waals surface area (Å²) < 4.78 is 27.4. The molecule has 0 aliphatic heterocycles. The van der Waals surface area contributed by atoms with Crippen LogP contribution in [0.15, 0.2) is 61.2 Å². The molecule has 0 aliphatic carbocycles. The number of hydrogen-bond donors (Lipinski definition) is 0. The summed E-state index contributed by atoms with van der Waals surface area (Å²) >= 11 is 1.29. The van der Waals surface area contributed by atoms with Gasteiger partial charge in [0.2, 0.25) is 0 Å². The van der Waals surface area contributed by atoms with Gasteiger partial charge in [-0.25, -0.2) is 14.4 Å². The standard InChI is InChI=1S/C24H23FN4O3S/c1-31-19-9-7-17(15-20(19)32-2)8-10-22(30)29(13-4-12-28-14-11-26-16-28)24-27-23-18(25)5-3-6-21(23)33-24/h3,5-11,14-16H,4,12-13H2,1-2H3/b10-8+. The van der Waals surface area contributed by atoms with Crippen LogP contribution in [0.3, 0.4) is 0 Å². The van der Waals surface area contributed by atoms with E-state index in [1.165, 1.54) is 23.5 Å². The van der Waals surface area contributed by atoms with Gasteiger partial charge in [-0.3, -0.25) is 9.69 Å². The SMILES string of the molecule is COc1ccc(/C=C/C(=O)N(CCCn2ccnc2)c2nc3c(F)cccc3s2)cc1OC. The summed E-state index contributed by atoms with van der Waals surface area (Å²) in [6.45, 7) is 1.12. The number of amides is 1. The molecule has 4 rings (SSSR count). The van der Waals surface area contributed by atoms with Crippen molar-refractivity contribution in [1.29, 1.82) is 0 Å². The minimum atomic E-state index is -0.401. The van der Waals surface area contributed by atoms with Gasteiger partial charge in [0.1, 0.15) is 11.3 Å². The molecule has 0 spiro atoms. The van der Waals surface area contributed by atoms with Crippen molar-refractivity contribution in [2.75, 3.05) is 25.7 Å². The van der Waals surface area contributed by atoms with Gasteiger partial charge in [-0.2, -0.15) is 0 Å². The Morgan fingerprint density at radius 3 is 2.79 bits per heavy atom. The van der Waals surface area contributed by atoms with E-state index in [2.05, 4.69) is 9.97 Å². The number of methoxy groups -OCH3 is 2. The van der Waals surface area contributed by atoms with Gasteiger partial charge in [0, 0.05) is 31.6 Å². The first-order chi connectivity index (χ1) is 16.1. The van der Waals surface area contributed by atoms with Crippen molar-refractivity contribution in [2.24, 2.45) is 0 Å². The average molecular weight is 467 g/mol. The number of para-hydroxylation sites is 1. The van der Waals surface area contributed by atoms with Crippen molar-refractivity contribution >= 4 is 38.7 Å². The van der Waals surface area contributed by atoms with E-state index in [-0.39, 0.29) is 11.4 Å². The van der Waals surface area contributed by atoms with E-state index in [9.17, 15) is 9.18 Å². The van der Waals surface area contributed by atoms with E-state index in [0.717, 1.165) is 5.56 Å². The third-order valence-electron chi connectivity index (χ3n) is 5.04. The van der Waals surface area contributed by atoms with Gasteiger partial charge < -0.3 is 14.0 Å². The van der Waals surface area contributed by atoms with Crippen LogP contribution in [-0.4, -0.2) is 41.2 Å². The maximum Gasteiger partial charge on any atom is 0.252 e. The van der Waals surface area contributed by atoms with Crippen molar-refractivity contribution in [3.8, 4) is 11.5 Å². The highest BCUT2D eigenvalue weighted by Crippen LogP contribution is 2.31. The quantitative estimate of drug-likeness (QED) is 0.332. The van der Waals surface area contributed by atoms with E-state index >= 15 is 0 Å². The number of anilines is 1. The van der Waals surface area contributed by atoms with Crippen molar-refractivity contribution in [1.82, 2.24) is 14.5 Å². The number of nitrogens with zero attached hydrogens (tertiary/aromatic N) is 4. The lowest BCUT2D eigenvalue weighted by Gasteiger charge is -2.18. The highest BCUT2D eigenvalue weighted by molar-refractivity contribution is 7.22. The van der Waals surface area contributed by atoms with Gasteiger partial charge in [0.05, 0.1) is 25.2 Å². The van der Waals surface area contributed by atoms with Crippen LogP contribution < -0.4 is 14.4 Å². The summed E-state index contributed by atoms with van der Waals surface area (Å²) in [5, 5.41) is 0.461. The van der Waals surface area contributed by atoms with Crippen LogP contribution >= 0.6 is 11.3 Å². The molecule has 2 heterocycles. The second-order valence-corrected chi connectivity index (χ2v) is 8.18. The first-order valence-corrected chi connectivity index (χ1v) is 11.1. The Morgan fingerprint density at radius 1 is 1.21 bits per heavy atom. The predicted molar refractivity (Wildman–Crippen MR) is 127 cm³/mol. The Bertz CT molecular complexity index is 1270. The third-order valence-corrected chi connectivity index (χ3v) is 6.08. The fraction of sp³-hybridized carbons (Fsp3) is 0.208. The summed E-state index contributed by atoms with van der Waals surface area (Å²) in [7, 11) is 3.13. The number of thiazole rings is 1. The number of benzene rings is 2. The Hall–Kier alpha value is -3.72. The van der Waals surface area contributed by atoms with Crippen molar-refractivity contribution in [3.63, 3.8) is 0 Å². The second kappa shape index (κ2) is 10.3. The molecule has 2 aromatic carbocycles. The number of halogens is 1. The van der Waals surface area contributed by atoms with Gasteiger partial charge in [0.25, 0.3) is 5.91 Å². The predicted octanol–water partition coefficient (Wildman–Crippen LogP) is 4.79. The van der Waals surface area contributed by atoms with Crippen LogP contribution in [0.5, 0.6) is 11.5 Å². The lowest BCUT2D eigenvalue weighted by Crippen LogP contribution is -2.30. The highest BCUT2D eigenvalue weighted by Gasteiger charge is 2.19. The number of hydrogen-bond acceptors (Lipinski definition) is 6. The Morgan fingerprint density at radius 2 is 2.06 bits per heavy atom. The molecule has 0 radical (unpaired) electrons. The highest BCUT2D eigenvalue weighted by atomic mass is 32.1. The molecule has 0 fully saturated rings. The van der Waals surface area contributed by atoms with Crippen LogP contribution in [0.1, 0.15) is 12.0 Å². The molecule has 0 saturated heterocycles. The normalized spacial score (nSPS) is 11.2. The molecule has 0 unspecified atom stereocenters. The smallest absolute Gasteiger partial charge is 0.252 e. The maximum atomic E-state index is 14.2. The van der Waals surface area contributed by atoms with Crippen molar-refractivity contribution in [3.05, 3.63) is 72.6 Å². The fourth-order valence-electron chi connectivity index (χ4n) is 3.36. The topological polar surface area (TPSA) is 69.5 Å². The summed E-state index contributed by atoms with van der Waals surface area (Å²) in [6.07, 6.45) is 9.20. The first-order valence-electron chi connectivity index (χ1n) is 10.3. The number of carbonyl (C=O) groups excluding carboxylic acids is 1. The summed E-state index contributed by atoms with van der Waals surface area (Å²) in [4.78, 5) is 23.2. The summed E-state index contributed by atoms with van der Waals surface area (Å²) in [5.74, 6) is 0.543. The van der Waals surface area contributed by atoms with Gasteiger partial charge in [-0.05, 0) is 42.3 Å². The molecule has 0 atom stereocenters. The van der Waals surface area contributed by atoms with E-state index in [1.807, 2.05) is 16.8 Å². The molecule has 0 saturated carbocycles. The molecule has 1 amide bonds. The van der Waals surface area contributed by atoms with Crippen LogP contribution in [0.4, 0.5) is 9.52 Å². The Kier molecular flexibility index (Phi) is 6.99. The minimum Gasteiger partial charge on any atom is -0.493 e. The number of aromatic nitrogens is 3. The van der Waals surface area contributed by atoms with Gasteiger partial charge in [-0.1, -0.05) is 23.5 Å². The van der Waals surface area contributed by atoms with Crippen LogP contribution in [0.2, 0.25) is 0 Å². The molecule has 7 nitrogen and oxygen atoms in total. The average Bonchev–Trinajstić information content (AvgIpc) is 3.50. The number of carbonyl (C=O) groups is 1. The zero-order valence-electron chi connectivity index (χ0n) is 18.3. The molecule has 2 aromatic heterocycles. The summed E-state index contributed by atoms with van der Waals surface area (Å²) in [6, 6.07) is 10.2. The molecular weight excluding hydrogens is 443 g/mol. The molecule has 4 aromatic rings. The molecule has 33 heavy (non-hydrogen) atoms. The third kappa shape index (κ3) is 5.20. The zero-order chi connectivity index (χ0) is 23.2. The fourth-order valence-corrected chi connectivity index (χ4v) is 4.37. The maximum absolute atomic E-state index is 14.2. The minimum absolute atomic E-state index is 0.241. The van der Waals surface area contributed by atoms with Crippen molar-refractivity contribution in [2.45, 2.75) is 13.0 Å². The van der Waals surface area contributed by atoms with Crippen LogP contribution in [-0.2, 0) is 11.3 Å². The monoisotopic (exact) mass is 466 g/mol. The van der Waals surface area contributed by atoms with Gasteiger partial charge >= 0.3 is 0 Å². The molecule has 170 valence electrons. The van der Waals surface area contributed by atoms with Crippen LogP contribution in [0.25, 0.3) is 16.3 Å². The largest absolute Gasteiger partial charge is 0.493 e. The van der Waals surface area contributed by atoms with E-state index in [1.54, 1.807) is 62.0 Å².